The highest BCUT2D eigenvalue weighted by atomic mass is 19.1. The fourth-order valence-corrected chi connectivity index (χ4v) is 10.1. The second-order valence-corrected chi connectivity index (χ2v) is 15.0. The van der Waals surface area contributed by atoms with Crippen molar-refractivity contribution < 1.29 is 4.39 Å². The zero-order valence-corrected chi connectivity index (χ0v) is 30.3. The van der Waals surface area contributed by atoms with Crippen molar-refractivity contribution in [3.8, 4) is 27.9 Å². The molecular formula is C53H33FN2. The molecule has 0 unspecified atom stereocenters. The fraction of sp³-hybridized carbons (Fsp3) is 0.0189. The maximum atomic E-state index is 14.4. The predicted octanol–water partition coefficient (Wildman–Crippen LogP) is 13.9. The van der Waals surface area contributed by atoms with Crippen molar-refractivity contribution in [2.24, 2.45) is 0 Å². The summed E-state index contributed by atoms with van der Waals surface area (Å²) in [6, 6.07) is 71.1. The van der Waals surface area contributed by atoms with Crippen molar-refractivity contribution in [1.82, 2.24) is 4.57 Å². The molecule has 12 rings (SSSR count). The third kappa shape index (κ3) is 4.09. The van der Waals surface area contributed by atoms with Crippen molar-refractivity contribution in [3.63, 3.8) is 0 Å². The molecule has 0 aliphatic heterocycles. The summed E-state index contributed by atoms with van der Waals surface area (Å²) in [5.74, 6) is -0.255. The van der Waals surface area contributed by atoms with Gasteiger partial charge in [-0.3, -0.25) is 0 Å². The Balaban J connectivity index is 1.26. The number of fused-ring (bicyclic) bond motifs is 13. The molecule has 1 spiro atoms. The van der Waals surface area contributed by atoms with E-state index in [2.05, 4.69) is 179 Å². The van der Waals surface area contributed by atoms with Crippen LogP contribution in [0.3, 0.4) is 0 Å². The molecule has 0 radical (unpaired) electrons. The Hall–Kier alpha value is -7.23. The first-order valence-corrected chi connectivity index (χ1v) is 19.2. The average molecular weight is 717 g/mol. The number of halogens is 1. The summed E-state index contributed by atoms with van der Waals surface area (Å²) < 4.78 is 16.8. The van der Waals surface area contributed by atoms with E-state index in [-0.39, 0.29) is 5.82 Å². The summed E-state index contributed by atoms with van der Waals surface area (Å²) in [5, 5.41) is 5.07. The molecular weight excluding hydrogens is 684 g/mol. The second-order valence-electron chi connectivity index (χ2n) is 15.0. The van der Waals surface area contributed by atoms with E-state index in [9.17, 15) is 4.39 Å². The molecule has 2 aliphatic carbocycles. The van der Waals surface area contributed by atoms with Crippen LogP contribution in [0.25, 0.3) is 60.5 Å². The van der Waals surface area contributed by atoms with Crippen LogP contribution in [-0.4, -0.2) is 4.57 Å². The van der Waals surface area contributed by atoms with Gasteiger partial charge in [-0.1, -0.05) is 127 Å². The summed E-state index contributed by atoms with van der Waals surface area (Å²) in [6.45, 7) is 0. The highest BCUT2D eigenvalue weighted by Gasteiger charge is 2.50. The topological polar surface area (TPSA) is 8.17 Å². The van der Waals surface area contributed by atoms with Gasteiger partial charge in [0.1, 0.15) is 5.82 Å². The van der Waals surface area contributed by atoms with Crippen LogP contribution in [0.2, 0.25) is 0 Å². The Bertz CT molecular complexity index is 3150. The maximum absolute atomic E-state index is 14.4. The zero-order chi connectivity index (χ0) is 37.0. The molecule has 1 aromatic heterocycles. The second kappa shape index (κ2) is 11.6. The van der Waals surface area contributed by atoms with Crippen molar-refractivity contribution in [2.75, 3.05) is 4.90 Å². The number of aromatic nitrogens is 1. The summed E-state index contributed by atoms with van der Waals surface area (Å²) in [4.78, 5) is 2.24. The molecule has 0 fully saturated rings. The lowest BCUT2D eigenvalue weighted by Gasteiger charge is -2.41. The van der Waals surface area contributed by atoms with Gasteiger partial charge in [0.15, 0.2) is 0 Å². The van der Waals surface area contributed by atoms with Crippen LogP contribution in [0.15, 0.2) is 200 Å². The normalized spacial score (nSPS) is 13.2. The number of rotatable bonds is 4. The van der Waals surface area contributed by atoms with Crippen LogP contribution in [0.5, 0.6) is 0 Å². The molecule has 2 nitrogen and oxygen atoms in total. The molecule has 9 aromatic carbocycles. The third-order valence-electron chi connectivity index (χ3n) is 12.2. The highest BCUT2D eigenvalue weighted by Crippen LogP contribution is 2.63. The Kier molecular flexibility index (Phi) is 6.47. The van der Waals surface area contributed by atoms with E-state index in [0.29, 0.717) is 0 Å². The lowest BCUT2D eigenvalue weighted by atomic mass is 9.61. The Morgan fingerprint density at radius 3 is 1.70 bits per heavy atom. The molecule has 1 heterocycles. The van der Waals surface area contributed by atoms with Gasteiger partial charge in [-0.15, -0.1) is 0 Å². The standard InChI is InChI=1S/C53H33FN2/c54-34-26-28-37(29-27-34)55(35-14-3-1-4-15-35)38-30-31-41-44-33-50-52(42-20-9-12-25-49(42)56(50)36-16-5-2-6-17-36)43-21-13-24-47(51(43)44)53(48(41)32-38)45-22-10-7-18-39(45)40-19-8-11-23-46(40)53/h1-33H. The van der Waals surface area contributed by atoms with Gasteiger partial charge in [-0.25, -0.2) is 4.39 Å². The van der Waals surface area contributed by atoms with E-state index in [1.807, 2.05) is 18.2 Å². The Morgan fingerprint density at radius 1 is 0.375 bits per heavy atom. The molecule has 0 bridgehead atoms. The van der Waals surface area contributed by atoms with Gasteiger partial charge in [0.2, 0.25) is 0 Å². The monoisotopic (exact) mass is 716 g/mol. The number of hydrogen-bond donors (Lipinski definition) is 0. The van der Waals surface area contributed by atoms with Gasteiger partial charge in [0.05, 0.1) is 16.4 Å². The van der Waals surface area contributed by atoms with E-state index >= 15 is 0 Å². The maximum Gasteiger partial charge on any atom is 0.123 e. The molecule has 0 amide bonds. The molecule has 56 heavy (non-hydrogen) atoms. The zero-order valence-electron chi connectivity index (χ0n) is 30.3. The first-order valence-electron chi connectivity index (χ1n) is 19.2. The van der Waals surface area contributed by atoms with E-state index in [0.717, 1.165) is 22.7 Å². The molecule has 262 valence electrons. The van der Waals surface area contributed by atoms with E-state index < -0.39 is 5.41 Å². The first-order chi connectivity index (χ1) is 27.7. The Labute approximate surface area is 324 Å². The third-order valence-corrected chi connectivity index (χ3v) is 12.2. The number of anilines is 3. The summed E-state index contributed by atoms with van der Waals surface area (Å²) in [5.41, 5.74) is 15.9. The van der Waals surface area contributed by atoms with Crippen LogP contribution in [0.1, 0.15) is 22.3 Å². The van der Waals surface area contributed by atoms with Crippen LogP contribution >= 0.6 is 0 Å². The molecule has 3 heteroatoms. The highest BCUT2D eigenvalue weighted by molar-refractivity contribution is 6.26. The quantitative estimate of drug-likeness (QED) is 0.176. The predicted molar refractivity (Wildman–Crippen MR) is 229 cm³/mol. The summed E-state index contributed by atoms with van der Waals surface area (Å²) in [7, 11) is 0. The molecule has 10 aromatic rings. The van der Waals surface area contributed by atoms with Gasteiger partial charge in [-0.2, -0.15) is 0 Å². The van der Waals surface area contributed by atoms with Crippen LogP contribution in [0.4, 0.5) is 21.5 Å². The van der Waals surface area contributed by atoms with Crippen LogP contribution < -0.4 is 4.90 Å². The Morgan fingerprint density at radius 2 is 0.946 bits per heavy atom. The largest absolute Gasteiger partial charge is 0.310 e. The van der Waals surface area contributed by atoms with Gasteiger partial charge >= 0.3 is 0 Å². The lowest BCUT2D eigenvalue weighted by molar-refractivity contribution is 0.628. The number of hydrogen-bond acceptors (Lipinski definition) is 1. The van der Waals surface area contributed by atoms with Gasteiger partial charge < -0.3 is 9.47 Å². The summed E-state index contributed by atoms with van der Waals surface area (Å²) in [6.07, 6.45) is 0. The minimum Gasteiger partial charge on any atom is -0.310 e. The number of para-hydroxylation sites is 3. The molecule has 0 saturated heterocycles. The van der Waals surface area contributed by atoms with Gasteiger partial charge in [0.25, 0.3) is 0 Å². The van der Waals surface area contributed by atoms with Crippen LogP contribution in [0, 0.1) is 5.82 Å². The molecule has 0 saturated carbocycles. The number of benzene rings is 9. The molecule has 2 aliphatic rings. The van der Waals surface area contributed by atoms with Crippen molar-refractivity contribution in [3.05, 3.63) is 228 Å². The fourth-order valence-electron chi connectivity index (χ4n) is 10.1. The molecule has 0 N–H and O–H groups in total. The smallest absolute Gasteiger partial charge is 0.123 e. The minimum atomic E-state index is -0.596. The van der Waals surface area contributed by atoms with Crippen molar-refractivity contribution in [2.45, 2.75) is 5.41 Å². The van der Waals surface area contributed by atoms with Crippen molar-refractivity contribution in [1.29, 1.82) is 0 Å². The van der Waals surface area contributed by atoms with Gasteiger partial charge in [-0.05, 0) is 128 Å². The summed E-state index contributed by atoms with van der Waals surface area (Å²) >= 11 is 0. The number of nitrogens with zero attached hydrogens (tertiary/aromatic N) is 2. The van der Waals surface area contributed by atoms with E-state index in [4.69, 9.17) is 0 Å². The first kappa shape index (κ1) is 31.2. The van der Waals surface area contributed by atoms with Gasteiger partial charge in [0, 0.05) is 33.5 Å². The van der Waals surface area contributed by atoms with E-state index in [1.165, 1.54) is 77.1 Å². The van der Waals surface area contributed by atoms with E-state index in [1.54, 1.807) is 12.1 Å². The van der Waals surface area contributed by atoms with Crippen LogP contribution in [-0.2, 0) is 5.41 Å². The minimum absolute atomic E-state index is 0.255. The lowest BCUT2D eigenvalue weighted by Crippen LogP contribution is -2.32. The SMILES string of the molecule is Fc1ccc(N(c2ccccc2)c2ccc3c(c2)C2(c4ccccc4-c4ccccc42)c2cccc4c2c-3cc2c4c3ccccc3n2-c2ccccc2)cc1. The van der Waals surface area contributed by atoms with Crippen molar-refractivity contribution >= 4 is 49.6 Å². The molecule has 0 atom stereocenters. The average Bonchev–Trinajstić information content (AvgIpc) is 3.75.